The van der Waals surface area contributed by atoms with E-state index >= 15 is 0 Å². The monoisotopic (exact) mass is 302 g/mol. The molecule has 1 atom stereocenters. The van der Waals surface area contributed by atoms with Crippen LogP contribution in [0.25, 0.3) is 10.9 Å². The molecule has 0 bridgehead atoms. The minimum Gasteiger partial charge on any atom is -0.496 e. The molecule has 2 aromatic rings. The summed E-state index contributed by atoms with van der Waals surface area (Å²) in [7, 11) is 3.53. The smallest absolute Gasteiger partial charge is 0.128 e. The average molecular weight is 302 g/mol. The van der Waals surface area contributed by atoms with Crippen LogP contribution in [0.1, 0.15) is 24.1 Å². The van der Waals surface area contributed by atoms with Gasteiger partial charge in [-0.2, -0.15) is 0 Å². The molecule has 2 heterocycles. The molecule has 0 saturated carbocycles. The van der Waals surface area contributed by atoms with Gasteiger partial charge in [-0.25, -0.2) is 0 Å². The van der Waals surface area contributed by atoms with Crippen molar-refractivity contribution in [1.82, 2.24) is 9.88 Å². The van der Waals surface area contributed by atoms with E-state index in [2.05, 4.69) is 28.9 Å². The van der Waals surface area contributed by atoms with Crippen molar-refractivity contribution in [3.8, 4) is 5.75 Å². The topological polar surface area (TPSA) is 37.5 Å². The van der Waals surface area contributed by atoms with E-state index in [1.165, 1.54) is 41.5 Å². The largest absolute Gasteiger partial charge is 0.496 e. The fourth-order valence-electron chi connectivity index (χ4n) is 3.70. The first kappa shape index (κ1) is 15.4. The van der Waals surface area contributed by atoms with Gasteiger partial charge in [-0.3, -0.25) is 4.90 Å². The minimum atomic E-state index is 0.609. The molecular formula is C18H26N2O2. The van der Waals surface area contributed by atoms with Crippen LogP contribution in [0.15, 0.2) is 18.2 Å². The number of aromatic amines is 1. The van der Waals surface area contributed by atoms with Gasteiger partial charge in [-0.1, -0.05) is 6.07 Å². The van der Waals surface area contributed by atoms with Gasteiger partial charge in [0.05, 0.1) is 13.7 Å². The van der Waals surface area contributed by atoms with Crippen molar-refractivity contribution in [2.45, 2.75) is 32.2 Å². The van der Waals surface area contributed by atoms with Gasteiger partial charge in [0, 0.05) is 36.3 Å². The predicted molar refractivity (Wildman–Crippen MR) is 89.8 cm³/mol. The Balaban J connectivity index is 1.88. The number of ether oxygens (including phenoxy) is 2. The van der Waals surface area contributed by atoms with Crippen LogP contribution in [0.4, 0.5) is 0 Å². The van der Waals surface area contributed by atoms with Crippen molar-refractivity contribution in [3.05, 3.63) is 29.5 Å². The molecule has 1 saturated heterocycles. The van der Waals surface area contributed by atoms with Gasteiger partial charge in [0.25, 0.3) is 0 Å². The molecule has 1 N–H and O–H groups in total. The Hall–Kier alpha value is -1.52. The summed E-state index contributed by atoms with van der Waals surface area (Å²) in [5.41, 5.74) is 3.84. The summed E-state index contributed by atoms with van der Waals surface area (Å²) in [5.74, 6) is 0.971. The van der Waals surface area contributed by atoms with Crippen LogP contribution in [0.2, 0.25) is 0 Å². The number of methoxy groups -OCH3 is 2. The molecule has 4 heteroatoms. The summed E-state index contributed by atoms with van der Waals surface area (Å²) in [5, 5.41) is 1.25. The lowest BCUT2D eigenvalue weighted by Gasteiger charge is -2.24. The minimum absolute atomic E-state index is 0.609. The van der Waals surface area contributed by atoms with E-state index in [0.717, 1.165) is 25.3 Å². The lowest BCUT2D eigenvalue weighted by Crippen LogP contribution is -2.33. The van der Waals surface area contributed by atoms with Crippen molar-refractivity contribution in [3.63, 3.8) is 0 Å². The third-order valence-electron chi connectivity index (χ3n) is 4.84. The van der Waals surface area contributed by atoms with Crippen molar-refractivity contribution in [2.75, 3.05) is 33.9 Å². The lowest BCUT2D eigenvalue weighted by atomic mass is 10.0. The first-order valence-electron chi connectivity index (χ1n) is 8.11. The number of fused-ring (bicyclic) bond motifs is 1. The molecule has 1 fully saturated rings. The molecule has 0 spiro atoms. The maximum atomic E-state index is 5.58. The average Bonchev–Trinajstić information content (AvgIpc) is 3.10. The normalized spacial score (nSPS) is 19.1. The van der Waals surface area contributed by atoms with Gasteiger partial charge in [0.15, 0.2) is 0 Å². The third-order valence-corrected chi connectivity index (χ3v) is 4.84. The fraction of sp³-hybridized carbons (Fsp3) is 0.556. The number of benzene rings is 1. The summed E-state index contributed by atoms with van der Waals surface area (Å²) in [4.78, 5) is 6.08. The van der Waals surface area contributed by atoms with Crippen LogP contribution in [-0.4, -0.2) is 49.8 Å². The maximum absolute atomic E-state index is 5.58. The van der Waals surface area contributed by atoms with Crippen molar-refractivity contribution < 1.29 is 9.47 Å². The van der Waals surface area contributed by atoms with Crippen LogP contribution < -0.4 is 4.74 Å². The molecule has 1 aromatic carbocycles. The number of nitrogens with zero attached hydrogens (tertiary/aromatic N) is 1. The zero-order chi connectivity index (χ0) is 15.5. The highest BCUT2D eigenvalue weighted by Crippen LogP contribution is 2.33. The van der Waals surface area contributed by atoms with Crippen molar-refractivity contribution >= 4 is 10.9 Å². The van der Waals surface area contributed by atoms with Gasteiger partial charge in [-0.05, 0) is 50.4 Å². The van der Waals surface area contributed by atoms with E-state index in [9.17, 15) is 0 Å². The first-order chi connectivity index (χ1) is 10.7. The molecule has 0 amide bonds. The molecule has 0 aliphatic carbocycles. The molecular weight excluding hydrogens is 276 g/mol. The Morgan fingerprint density at radius 3 is 2.95 bits per heavy atom. The van der Waals surface area contributed by atoms with Crippen LogP contribution in [0.3, 0.4) is 0 Å². The summed E-state index contributed by atoms with van der Waals surface area (Å²) in [6.45, 7) is 5.20. The number of rotatable bonds is 6. The first-order valence-corrected chi connectivity index (χ1v) is 8.11. The molecule has 1 aromatic heterocycles. The van der Waals surface area contributed by atoms with E-state index in [-0.39, 0.29) is 0 Å². The lowest BCUT2D eigenvalue weighted by molar-refractivity contribution is 0.141. The summed E-state index contributed by atoms with van der Waals surface area (Å²) >= 11 is 0. The van der Waals surface area contributed by atoms with E-state index in [1.807, 2.05) is 6.07 Å². The van der Waals surface area contributed by atoms with Crippen LogP contribution in [-0.2, 0) is 11.2 Å². The number of hydrogen-bond acceptors (Lipinski definition) is 3. The van der Waals surface area contributed by atoms with Crippen LogP contribution >= 0.6 is 0 Å². The second-order valence-corrected chi connectivity index (χ2v) is 6.14. The van der Waals surface area contributed by atoms with Crippen LogP contribution in [0, 0.1) is 6.92 Å². The zero-order valence-electron chi connectivity index (χ0n) is 13.8. The molecule has 0 unspecified atom stereocenters. The van der Waals surface area contributed by atoms with Gasteiger partial charge in [0.2, 0.25) is 0 Å². The summed E-state index contributed by atoms with van der Waals surface area (Å²) < 4.78 is 10.8. The van der Waals surface area contributed by atoms with Gasteiger partial charge < -0.3 is 14.5 Å². The summed E-state index contributed by atoms with van der Waals surface area (Å²) in [6.07, 6.45) is 3.63. The number of aryl methyl sites for hydroxylation is 1. The molecule has 120 valence electrons. The molecule has 3 rings (SSSR count). The number of hydrogen-bond donors (Lipinski definition) is 1. The maximum Gasteiger partial charge on any atom is 0.128 e. The number of H-pyrrole nitrogens is 1. The van der Waals surface area contributed by atoms with Crippen molar-refractivity contribution in [2.24, 2.45) is 0 Å². The van der Waals surface area contributed by atoms with E-state index < -0.39 is 0 Å². The Kier molecular flexibility index (Phi) is 4.69. The molecule has 4 nitrogen and oxygen atoms in total. The summed E-state index contributed by atoms with van der Waals surface area (Å²) in [6, 6.07) is 6.83. The second-order valence-electron chi connectivity index (χ2n) is 6.14. The Morgan fingerprint density at radius 1 is 1.32 bits per heavy atom. The Bertz CT molecular complexity index is 635. The highest BCUT2D eigenvalue weighted by Gasteiger charge is 2.26. The second kappa shape index (κ2) is 6.71. The van der Waals surface area contributed by atoms with Crippen LogP contribution in [0.5, 0.6) is 5.75 Å². The number of nitrogens with one attached hydrogen (secondary N) is 1. The third kappa shape index (κ3) is 2.85. The SMILES string of the molecule is COCCN1CCC[C@@H]1Cc1c(C)[nH]c2cccc(OC)c12. The van der Waals surface area contributed by atoms with Gasteiger partial charge in [0.1, 0.15) is 5.75 Å². The quantitative estimate of drug-likeness (QED) is 0.891. The molecule has 1 aliphatic rings. The zero-order valence-corrected chi connectivity index (χ0v) is 13.8. The Labute approximate surface area is 132 Å². The number of likely N-dealkylation sites (tertiary alicyclic amines) is 1. The van der Waals surface area contributed by atoms with Gasteiger partial charge >= 0.3 is 0 Å². The predicted octanol–water partition coefficient (Wildman–Crippen LogP) is 3.14. The highest BCUT2D eigenvalue weighted by molar-refractivity contribution is 5.90. The molecule has 22 heavy (non-hydrogen) atoms. The standard InChI is InChI=1S/C18H26N2O2/c1-13-15(12-14-6-5-9-20(14)10-11-21-2)18-16(19-13)7-4-8-17(18)22-3/h4,7-8,14,19H,5-6,9-12H2,1-3H3/t14-/m1/s1. The Morgan fingerprint density at radius 2 is 2.18 bits per heavy atom. The fourth-order valence-corrected chi connectivity index (χ4v) is 3.70. The van der Waals surface area contributed by atoms with E-state index in [0.29, 0.717) is 6.04 Å². The molecule has 0 radical (unpaired) electrons. The van der Waals surface area contributed by atoms with Crippen molar-refractivity contribution in [1.29, 1.82) is 0 Å². The van der Waals surface area contributed by atoms with E-state index in [1.54, 1.807) is 14.2 Å². The van der Waals surface area contributed by atoms with Gasteiger partial charge in [-0.15, -0.1) is 0 Å². The highest BCUT2D eigenvalue weighted by atomic mass is 16.5. The number of aromatic nitrogens is 1. The van der Waals surface area contributed by atoms with E-state index in [4.69, 9.17) is 9.47 Å². The molecule has 1 aliphatic heterocycles.